The second-order valence-electron chi connectivity index (χ2n) is 5.18. The molecule has 1 aliphatic carbocycles. The summed E-state index contributed by atoms with van der Waals surface area (Å²) >= 11 is 11.8. The highest BCUT2D eigenvalue weighted by Crippen LogP contribution is 2.38. The third-order valence-electron chi connectivity index (χ3n) is 3.70. The van der Waals surface area contributed by atoms with E-state index in [1.807, 2.05) is 0 Å². The Morgan fingerprint density at radius 2 is 1.90 bits per heavy atom. The van der Waals surface area contributed by atoms with Gasteiger partial charge in [0, 0.05) is 16.0 Å². The second kappa shape index (κ2) is 6.46. The van der Waals surface area contributed by atoms with E-state index in [1.165, 1.54) is 25.0 Å². The zero-order chi connectivity index (χ0) is 15.0. The SMILES string of the molecule is Fc1cc(Br)cc(-c2nc(Cl)c(I)c(C3CCCC3)n2)c1. The van der Waals surface area contributed by atoms with Gasteiger partial charge in [-0.2, -0.15) is 0 Å². The molecule has 1 fully saturated rings. The first kappa shape index (κ1) is 15.6. The van der Waals surface area contributed by atoms with E-state index in [0.717, 1.165) is 22.1 Å². The first-order valence-corrected chi connectivity index (χ1v) is 8.99. The molecule has 1 heterocycles. The maximum Gasteiger partial charge on any atom is 0.161 e. The van der Waals surface area contributed by atoms with Crippen LogP contribution in [0.2, 0.25) is 5.15 Å². The molecule has 1 aliphatic rings. The smallest absolute Gasteiger partial charge is 0.161 e. The Hall–Kier alpha value is -0.270. The number of halogens is 4. The van der Waals surface area contributed by atoms with Crippen LogP contribution in [-0.4, -0.2) is 9.97 Å². The minimum atomic E-state index is -0.319. The van der Waals surface area contributed by atoms with E-state index in [-0.39, 0.29) is 5.82 Å². The second-order valence-corrected chi connectivity index (χ2v) is 7.53. The molecule has 0 N–H and O–H groups in total. The fourth-order valence-electron chi connectivity index (χ4n) is 2.72. The van der Waals surface area contributed by atoms with Gasteiger partial charge in [-0.25, -0.2) is 14.4 Å². The summed E-state index contributed by atoms with van der Waals surface area (Å²) in [7, 11) is 0. The van der Waals surface area contributed by atoms with Gasteiger partial charge in [0.05, 0.1) is 9.26 Å². The summed E-state index contributed by atoms with van der Waals surface area (Å²) in [5.74, 6) is 0.607. The maximum absolute atomic E-state index is 13.6. The molecule has 0 radical (unpaired) electrons. The van der Waals surface area contributed by atoms with Crippen molar-refractivity contribution in [2.45, 2.75) is 31.6 Å². The molecule has 2 nitrogen and oxygen atoms in total. The van der Waals surface area contributed by atoms with Gasteiger partial charge >= 0.3 is 0 Å². The van der Waals surface area contributed by atoms with E-state index in [0.29, 0.717) is 26.9 Å². The molecule has 1 aromatic heterocycles. The molecule has 0 unspecified atom stereocenters. The van der Waals surface area contributed by atoms with E-state index in [9.17, 15) is 4.39 Å². The Kier molecular flexibility index (Phi) is 4.81. The van der Waals surface area contributed by atoms with Crippen LogP contribution in [0.4, 0.5) is 4.39 Å². The lowest BCUT2D eigenvalue weighted by molar-refractivity contribution is 0.627. The van der Waals surface area contributed by atoms with Crippen LogP contribution < -0.4 is 0 Å². The molecule has 21 heavy (non-hydrogen) atoms. The van der Waals surface area contributed by atoms with Crippen LogP contribution in [-0.2, 0) is 0 Å². The molecule has 110 valence electrons. The Balaban J connectivity index is 2.10. The molecular formula is C15H12BrClFIN2. The van der Waals surface area contributed by atoms with E-state index < -0.39 is 0 Å². The lowest BCUT2D eigenvalue weighted by Gasteiger charge is -2.13. The lowest BCUT2D eigenvalue weighted by Crippen LogP contribution is -2.04. The van der Waals surface area contributed by atoms with Gasteiger partial charge in [0.2, 0.25) is 0 Å². The molecule has 0 saturated heterocycles. The fraction of sp³-hybridized carbons (Fsp3) is 0.333. The van der Waals surface area contributed by atoms with Crippen molar-refractivity contribution in [1.29, 1.82) is 0 Å². The summed E-state index contributed by atoms with van der Waals surface area (Å²) in [5, 5.41) is 0.447. The molecule has 3 rings (SSSR count). The molecule has 6 heteroatoms. The quantitative estimate of drug-likeness (QED) is 0.391. The minimum Gasteiger partial charge on any atom is -0.232 e. The highest BCUT2D eigenvalue weighted by Gasteiger charge is 2.23. The fourth-order valence-corrected chi connectivity index (χ4v) is 4.04. The van der Waals surface area contributed by atoms with Gasteiger partial charge in [-0.15, -0.1) is 0 Å². The van der Waals surface area contributed by atoms with E-state index in [4.69, 9.17) is 11.6 Å². The van der Waals surface area contributed by atoms with Crippen molar-refractivity contribution in [3.8, 4) is 11.4 Å². The molecule has 1 saturated carbocycles. The number of hydrogen-bond donors (Lipinski definition) is 0. The normalized spacial score (nSPS) is 15.6. The Bertz CT molecular complexity index is 669. The molecular weight excluding hydrogens is 469 g/mol. The molecule has 0 atom stereocenters. The van der Waals surface area contributed by atoms with Crippen molar-refractivity contribution in [3.05, 3.63) is 42.9 Å². The average Bonchev–Trinajstić information content (AvgIpc) is 2.94. The molecule has 1 aromatic carbocycles. The average molecular weight is 482 g/mol. The Morgan fingerprint density at radius 3 is 2.57 bits per heavy atom. The Labute approximate surface area is 149 Å². The molecule has 0 spiro atoms. The van der Waals surface area contributed by atoms with Crippen LogP contribution in [0.25, 0.3) is 11.4 Å². The van der Waals surface area contributed by atoms with Crippen molar-refractivity contribution in [3.63, 3.8) is 0 Å². The lowest BCUT2D eigenvalue weighted by atomic mass is 10.0. The van der Waals surface area contributed by atoms with Gasteiger partial charge in [-0.3, -0.25) is 0 Å². The number of hydrogen-bond acceptors (Lipinski definition) is 2. The summed E-state index contributed by atoms with van der Waals surface area (Å²) in [6.07, 6.45) is 4.72. The van der Waals surface area contributed by atoms with Gasteiger partial charge in [0.15, 0.2) is 5.82 Å². The van der Waals surface area contributed by atoms with Crippen LogP contribution in [0.1, 0.15) is 37.3 Å². The van der Waals surface area contributed by atoms with Crippen molar-refractivity contribution >= 4 is 50.1 Å². The molecule has 0 amide bonds. The monoisotopic (exact) mass is 480 g/mol. The summed E-state index contributed by atoms with van der Waals surface area (Å²) in [5.41, 5.74) is 1.64. The predicted molar refractivity (Wildman–Crippen MR) is 94.1 cm³/mol. The minimum absolute atomic E-state index is 0.319. The van der Waals surface area contributed by atoms with Crippen LogP contribution in [0.3, 0.4) is 0 Å². The summed E-state index contributed by atoms with van der Waals surface area (Å²) in [6, 6.07) is 4.65. The van der Waals surface area contributed by atoms with E-state index in [1.54, 1.807) is 6.07 Å². The van der Waals surface area contributed by atoms with Crippen LogP contribution in [0.15, 0.2) is 22.7 Å². The zero-order valence-electron chi connectivity index (χ0n) is 11.0. The van der Waals surface area contributed by atoms with Crippen LogP contribution in [0.5, 0.6) is 0 Å². The third-order valence-corrected chi connectivity index (χ3v) is 5.81. The summed E-state index contributed by atoms with van der Waals surface area (Å²) in [4.78, 5) is 8.99. The maximum atomic E-state index is 13.6. The highest BCUT2D eigenvalue weighted by atomic mass is 127. The van der Waals surface area contributed by atoms with Gasteiger partial charge in [-0.05, 0) is 53.6 Å². The van der Waals surface area contributed by atoms with Crippen molar-refractivity contribution in [1.82, 2.24) is 9.97 Å². The van der Waals surface area contributed by atoms with Gasteiger partial charge in [-0.1, -0.05) is 40.4 Å². The largest absolute Gasteiger partial charge is 0.232 e. The van der Waals surface area contributed by atoms with E-state index >= 15 is 0 Å². The standard InChI is InChI=1S/C15H12BrClFIN2/c16-10-5-9(6-11(18)7-10)15-20-13(8-3-1-2-4-8)12(19)14(17)21-15/h5-8H,1-4H2. The topological polar surface area (TPSA) is 25.8 Å². The third kappa shape index (κ3) is 3.40. The molecule has 0 bridgehead atoms. The first-order valence-electron chi connectivity index (χ1n) is 6.74. The molecule has 2 aromatic rings. The summed E-state index contributed by atoms with van der Waals surface area (Å²) in [6.45, 7) is 0. The van der Waals surface area contributed by atoms with Crippen molar-refractivity contribution < 1.29 is 4.39 Å². The summed E-state index contributed by atoms with van der Waals surface area (Å²) < 4.78 is 15.2. The van der Waals surface area contributed by atoms with Gasteiger partial charge in [0.1, 0.15) is 11.0 Å². The van der Waals surface area contributed by atoms with Gasteiger partial charge in [0.25, 0.3) is 0 Å². The van der Waals surface area contributed by atoms with Crippen LogP contribution in [0, 0.1) is 9.39 Å². The number of aromatic nitrogens is 2. The Morgan fingerprint density at radius 1 is 1.19 bits per heavy atom. The van der Waals surface area contributed by atoms with Crippen molar-refractivity contribution in [2.75, 3.05) is 0 Å². The number of benzene rings is 1. The van der Waals surface area contributed by atoms with E-state index in [2.05, 4.69) is 48.5 Å². The predicted octanol–water partition coefficient (Wildman–Crippen LogP) is 5.96. The van der Waals surface area contributed by atoms with Crippen LogP contribution >= 0.6 is 50.1 Å². The first-order chi connectivity index (χ1) is 10.0. The zero-order valence-corrected chi connectivity index (χ0v) is 15.5. The number of nitrogens with zero attached hydrogens (tertiary/aromatic N) is 2. The highest BCUT2D eigenvalue weighted by molar-refractivity contribution is 14.1. The van der Waals surface area contributed by atoms with Gasteiger partial charge < -0.3 is 0 Å². The molecule has 0 aliphatic heterocycles. The van der Waals surface area contributed by atoms with Crippen molar-refractivity contribution in [2.24, 2.45) is 0 Å². The number of rotatable bonds is 2.